The second-order valence-corrected chi connectivity index (χ2v) is 8.18. The molecule has 2 heterocycles. The minimum absolute atomic E-state index is 0.0791. The molecule has 0 saturated carbocycles. The molecule has 138 valence electrons. The number of fused-ring (bicyclic) bond motifs is 1. The van der Waals surface area contributed by atoms with Gasteiger partial charge in [-0.3, -0.25) is 10.1 Å². The Hall–Kier alpha value is -1.74. The third-order valence-corrected chi connectivity index (χ3v) is 6.34. The van der Waals surface area contributed by atoms with Crippen molar-refractivity contribution in [1.82, 2.24) is 4.90 Å². The maximum atomic E-state index is 12.4. The van der Waals surface area contributed by atoms with Crippen LogP contribution in [0.3, 0.4) is 0 Å². The number of carboxylic acids is 1. The molecular weight excluding hydrogens is 364 g/mol. The number of carbonyl (C=O) groups excluding carboxylic acids is 2. The van der Waals surface area contributed by atoms with Crippen LogP contribution in [0.1, 0.15) is 36.2 Å². The normalized spacial score (nSPS) is 14.4. The van der Waals surface area contributed by atoms with Gasteiger partial charge in [0, 0.05) is 13.6 Å². The molecule has 0 spiro atoms. The first kappa shape index (κ1) is 19.6. The Morgan fingerprint density at radius 1 is 1.40 bits per heavy atom. The van der Waals surface area contributed by atoms with Gasteiger partial charge in [0.2, 0.25) is 0 Å². The van der Waals surface area contributed by atoms with Crippen molar-refractivity contribution in [3.05, 3.63) is 11.1 Å². The molecule has 0 radical (unpaired) electrons. The summed E-state index contributed by atoms with van der Waals surface area (Å²) in [5, 5.41) is 12.2. The summed E-state index contributed by atoms with van der Waals surface area (Å²) in [4.78, 5) is 37.0. The van der Waals surface area contributed by atoms with E-state index in [2.05, 4.69) is 5.32 Å². The molecule has 0 bridgehead atoms. The second-order valence-electron chi connectivity index (χ2n) is 5.79. The molecule has 2 N–H and O–H groups in total. The van der Waals surface area contributed by atoms with Gasteiger partial charge in [-0.1, -0.05) is 6.92 Å². The fourth-order valence-corrected chi connectivity index (χ4v) is 5.02. The van der Waals surface area contributed by atoms with Gasteiger partial charge >= 0.3 is 18.0 Å². The number of rotatable bonds is 6. The summed E-state index contributed by atoms with van der Waals surface area (Å²) in [5.74, 6) is -1.08. The zero-order valence-corrected chi connectivity index (χ0v) is 16.1. The van der Waals surface area contributed by atoms with E-state index in [1.165, 1.54) is 30.2 Å². The molecule has 0 aromatic carbocycles. The molecule has 0 saturated heterocycles. The molecule has 0 aliphatic carbocycles. The molecule has 2 rings (SSSR count). The van der Waals surface area contributed by atoms with Crippen molar-refractivity contribution >= 4 is 46.1 Å². The van der Waals surface area contributed by atoms with Crippen molar-refractivity contribution in [2.75, 3.05) is 31.3 Å². The van der Waals surface area contributed by atoms with Crippen LogP contribution in [0.4, 0.5) is 9.80 Å². The third kappa shape index (κ3) is 4.66. The summed E-state index contributed by atoms with van der Waals surface area (Å²) in [6.45, 7) is 3.62. The summed E-state index contributed by atoms with van der Waals surface area (Å²) < 4.78 is 6.18. The van der Waals surface area contributed by atoms with Crippen LogP contribution in [0.5, 0.6) is 0 Å². The Morgan fingerprint density at radius 3 is 2.76 bits per heavy atom. The average Bonchev–Trinajstić information content (AvgIpc) is 2.92. The minimum Gasteiger partial charge on any atom is -0.481 e. The Balaban J connectivity index is 2.20. The van der Waals surface area contributed by atoms with E-state index in [-0.39, 0.29) is 13.2 Å². The highest BCUT2D eigenvalue weighted by Crippen LogP contribution is 2.43. The number of esters is 1. The first-order valence-corrected chi connectivity index (χ1v) is 9.85. The lowest BCUT2D eigenvalue weighted by atomic mass is 10.1. The summed E-state index contributed by atoms with van der Waals surface area (Å²) >= 11 is 3.05. The number of urea groups is 1. The smallest absolute Gasteiger partial charge is 0.341 e. The number of nitrogens with one attached hydrogen (secondary N) is 1. The van der Waals surface area contributed by atoms with Crippen LogP contribution in [0.15, 0.2) is 4.21 Å². The summed E-state index contributed by atoms with van der Waals surface area (Å²) in [6.07, 6.45) is 1.76. The third-order valence-electron chi connectivity index (χ3n) is 3.79. The highest BCUT2D eigenvalue weighted by molar-refractivity contribution is 8.01. The van der Waals surface area contributed by atoms with E-state index in [0.29, 0.717) is 10.6 Å². The van der Waals surface area contributed by atoms with E-state index in [4.69, 9.17) is 9.84 Å². The van der Waals surface area contributed by atoms with Crippen LogP contribution >= 0.6 is 23.1 Å². The van der Waals surface area contributed by atoms with Crippen molar-refractivity contribution in [1.29, 1.82) is 0 Å². The number of hydrogen-bond acceptors (Lipinski definition) is 6. The number of hydrogen-bond donors (Lipinski definition) is 2. The fourth-order valence-electron chi connectivity index (χ4n) is 2.47. The number of amides is 2. The van der Waals surface area contributed by atoms with Crippen molar-refractivity contribution < 1.29 is 24.2 Å². The highest BCUT2D eigenvalue weighted by atomic mass is 32.2. The highest BCUT2D eigenvalue weighted by Gasteiger charge is 2.28. The Kier molecular flexibility index (Phi) is 6.71. The summed E-state index contributed by atoms with van der Waals surface area (Å²) in [7, 11) is 1.53. The van der Waals surface area contributed by atoms with Gasteiger partial charge in [-0.25, -0.2) is 9.59 Å². The van der Waals surface area contributed by atoms with Gasteiger partial charge in [-0.2, -0.15) is 0 Å². The van der Waals surface area contributed by atoms with Gasteiger partial charge in [0.05, 0.1) is 22.3 Å². The van der Waals surface area contributed by atoms with E-state index >= 15 is 0 Å². The number of aliphatic carboxylic acids is 1. The zero-order chi connectivity index (χ0) is 18.6. The van der Waals surface area contributed by atoms with Crippen LogP contribution in [-0.2, 0) is 16.0 Å². The van der Waals surface area contributed by atoms with E-state index < -0.39 is 23.9 Å². The second kappa shape index (κ2) is 8.57. The number of anilines is 1. The lowest BCUT2D eigenvalue weighted by Crippen LogP contribution is -2.36. The summed E-state index contributed by atoms with van der Waals surface area (Å²) in [5.41, 5.74) is 1.37. The topological polar surface area (TPSA) is 95.9 Å². The molecule has 7 nitrogen and oxygen atoms in total. The van der Waals surface area contributed by atoms with Crippen LogP contribution in [0, 0.1) is 5.92 Å². The lowest BCUT2D eigenvalue weighted by molar-refractivity contribution is -0.141. The Morgan fingerprint density at radius 2 is 2.12 bits per heavy atom. The summed E-state index contributed by atoms with van der Waals surface area (Å²) in [6, 6.07) is -0.442. The lowest BCUT2D eigenvalue weighted by Gasteiger charge is -2.20. The number of thioether (sulfide) groups is 1. The standard InChI is InChI=1S/C16H22N2O5S2/c1-4-23-14(21)11-10-6-5-7-24-15(10)25-12(11)17-16(22)18(3)8-9(2)13(19)20/h9H,4-8H2,1-3H3,(H,17,22)(H,19,20). The maximum absolute atomic E-state index is 12.4. The largest absolute Gasteiger partial charge is 0.481 e. The molecular formula is C16H22N2O5S2. The van der Waals surface area contributed by atoms with Crippen LogP contribution in [0.25, 0.3) is 0 Å². The molecule has 1 aromatic heterocycles. The van der Waals surface area contributed by atoms with Crippen molar-refractivity contribution in [3.63, 3.8) is 0 Å². The van der Waals surface area contributed by atoms with Gasteiger partial charge in [-0.05, 0) is 31.1 Å². The van der Waals surface area contributed by atoms with Gasteiger partial charge in [0.1, 0.15) is 5.00 Å². The first-order valence-electron chi connectivity index (χ1n) is 8.05. The van der Waals surface area contributed by atoms with E-state index in [0.717, 1.165) is 28.4 Å². The average molecular weight is 386 g/mol. The molecule has 2 amide bonds. The SMILES string of the molecule is CCOC(=O)c1c(NC(=O)N(C)CC(C)C(=O)O)sc2c1CCCS2. The molecule has 1 unspecified atom stereocenters. The molecule has 1 aliphatic heterocycles. The number of ether oxygens (including phenoxy) is 1. The number of nitrogens with zero attached hydrogens (tertiary/aromatic N) is 1. The molecule has 1 aliphatic rings. The van der Waals surface area contributed by atoms with Crippen molar-refractivity contribution in [3.8, 4) is 0 Å². The predicted octanol–water partition coefficient (Wildman–Crippen LogP) is 3.15. The van der Waals surface area contributed by atoms with E-state index in [1.807, 2.05) is 0 Å². The van der Waals surface area contributed by atoms with Crippen molar-refractivity contribution in [2.45, 2.75) is 30.9 Å². The quantitative estimate of drug-likeness (QED) is 0.729. The predicted molar refractivity (Wildman–Crippen MR) is 97.8 cm³/mol. The fraction of sp³-hybridized carbons (Fsp3) is 0.562. The monoisotopic (exact) mass is 386 g/mol. The van der Waals surface area contributed by atoms with E-state index in [1.54, 1.807) is 18.7 Å². The Bertz CT molecular complexity index is 674. The maximum Gasteiger partial charge on any atom is 0.341 e. The molecule has 1 aromatic rings. The number of carboxylic acid groups (broad SMARTS) is 1. The van der Waals surface area contributed by atoms with Gasteiger partial charge < -0.3 is 14.7 Å². The van der Waals surface area contributed by atoms with Crippen LogP contribution in [-0.4, -0.2) is 53.9 Å². The molecule has 1 atom stereocenters. The van der Waals surface area contributed by atoms with Gasteiger partial charge in [0.25, 0.3) is 0 Å². The minimum atomic E-state index is -0.963. The van der Waals surface area contributed by atoms with Crippen LogP contribution in [0.2, 0.25) is 0 Å². The van der Waals surface area contributed by atoms with Gasteiger partial charge in [-0.15, -0.1) is 23.1 Å². The molecule has 0 fully saturated rings. The Labute approximate surface area is 154 Å². The zero-order valence-electron chi connectivity index (χ0n) is 14.5. The van der Waals surface area contributed by atoms with Crippen molar-refractivity contribution in [2.24, 2.45) is 5.92 Å². The molecule has 9 heteroatoms. The van der Waals surface area contributed by atoms with E-state index in [9.17, 15) is 14.4 Å². The van der Waals surface area contributed by atoms with Gasteiger partial charge in [0.15, 0.2) is 0 Å². The molecule has 25 heavy (non-hydrogen) atoms. The number of thiophene rings is 1. The van der Waals surface area contributed by atoms with Crippen LogP contribution < -0.4 is 5.32 Å². The number of carbonyl (C=O) groups is 3. The first-order chi connectivity index (χ1) is 11.8.